The van der Waals surface area contributed by atoms with Gasteiger partial charge >= 0.3 is 0 Å². The quantitative estimate of drug-likeness (QED) is 0.635. The minimum absolute atomic E-state index is 0.190. The van der Waals surface area contributed by atoms with Crippen molar-refractivity contribution < 1.29 is 4.74 Å². The standard InChI is InChI=1S/C17H21BrOS/c1-9-10(2)12(4)15(13(5)11(9)3)16(18)17-14(19-6)7-8-20-17/h7-8,16H,1-6H3. The number of halogens is 1. The lowest BCUT2D eigenvalue weighted by molar-refractivity contribution is 0.413. The van der Waals surface area contributed by atoms with Crippen molar-refractivity contribution in [3.8, 4) is 5.75 Å². The molecule has 0 saturated carbocycles. The van der Waals surface area contributed by atoms with Gasteiger partial charge in [-0.05, 0) is 79.4 Å². The molecule has 0 bridgehead atoms. The van der Waals surface area contributed by atoms with Gasteiger partial charge in [0.25, 0.3) is 0 Å². The van der Waals surface area contributed by atoms with Crippen molar-refractivity contribution in [2.45, 2.75) is 39.4 Å². The van der Waals surface area contributed by atoms with Gasteiger partial charge in [-0.1, -0.05) is 15.9 Å². The van der Waals surface area contributed by atoms with Crippen molar-refractivity contribution in [3.63, 3.8) is 0 Å². The fourth-order valence-corrected chi connectivity index (χ4v) is 4.78. The molecule has 2 rings (SSSR count). The summed E-state index contributed by atoms with van der Waals surface area (Å²) in [5.74, 6) is 0.964. The number of thiophene rings is 1. The molecule has 2 aromatic rings. The molecule has 0 aliphatic rings. The van der Waals surface area contributed by atoms with Crippen LogP contribution in [-0.2, 0) is 0 Å². The number of alkyl halides is 1. The second-order valence-electron chi connectivity index (χ2n) is 5.25. The first-order valence-electron chi connectivity index (χ1n) is 6.72. The number of rotatable bonds is 3. The average molecular weight is 353 g/mol. The monoisotopic (exact) mass is 352 g/mol. The van der Waals surface area contributed by atoms with Crippen LogP contribution in [0.3, 0.4) is 0 Å². The van der Waals surface area contributed by atoms with E-state index < -0.39 is 0 Å². The van der Waals surface area contributed by atoms with E-state index in [4.69, 9.17) is 4.74 Å². The summed E-state index contributed by atoms with van der Waals surface area (Å²) in [6.45, 7) is 11.1. The summed E-state index contributed by atoms with van der Waals surface area (Å²) >= 11 is 5.63. The van der Waals surface area contributed by atoms with Crippen LogP contribution in [0, 0.1) is 34.6 Å². The lowest BCUT2D eigenvalue weighted by Gasteiger charge is -2.22. The van der Waals surface area contributed by atoms with Crippen LogP contribution < -0.4 is 4.74 Å². The van der Waals surface area contributed by atoms with E-state index in [2.05, 4.69) is 55.9 Å². The number of ether oxygens (including phenoxy) is 1. The molecule has 1 unspecified atom stereocenters. The third-order valence-electron chi connectivity index (χ3n) is 4.42. The molecule has 0 fully saturated rings. The van der Waals surface area contributed by atoms with Crippen LogP contribution in [0.1, 0.15) is 43.1 Å². The van der Waals surface area contributed by atoms with Gasteiger partial charge in [0.1, 0.15) is 5.75 Å². The Morgan fingerprint density at radius 1 is 0.950 bits per heavy atom. The summed E-state index contributed by atoms with van der Waals surface area (Å²) in [6.07, 6.45) is 0. The zero-order valence-corrected chi connectivity index (χ0v) is 15.3. The lowest BCUT2D eigenvalue weighted by Crippen LogP contribution is -2.05. The van der Waals surface area contributed by atoms with Gasteiger partial charge in [-0.2, -0.15) is 0 Å². The van der Waals surface area contributed by atoms with E-state index >= 15 is 0 Å². The maximum absolute atomic E-state index is 5.47. The molecule has 0 N–H and O–H groups in total. The Bertz CT molecular complexity index is 614. The second-order valence-corrected chi connectivity index (χ2v) is 7.12. The first-order chi connectivity index (χ1) is 9.40. The fraction of sp³-hybridized carbons (Fsp3) is 0.412. The highest BCUT2D eigenvalue weighted by Crippen LogP contribution is 2.44. The third-order valence-corrected chi connectivity index (χ3v) is 6.60. The Morgan fingerprint density at radius 3 is 1.95 bits per heavy atom. The zero-order valence-electron chi connectivity index (χ0n) is 12.9. The number of hydrogen-bond acceptors (Lipinski definition) is 2. The van der Waals surface area contributed by atoms with Crippen molar-refractivity contribution in [1.29, 1.82) is 0 Å². The van der Waals surface area contributed by atoms with Gasteiger partial charge in [0.15, 0.2) is 0 Å². The van der Waals surface area contributed by atoms with Crippen LogP contribution in [-0.4, -0.2) is 7.11 Å². The Balaban J connectivity index is 2.64. The number of hydrogen-bond donors (Lipinski definition) is 0. The molecule has 0 amide bonds. The average Bonchev–Trinajstić information content (AvgIpc) is 2.91. The molecule has 0 spiro atoms. The van der Waals surface area contributed by atoms with Crippen LogP contribution in [0.5, 0.6) is 5.75 Å². The van der Waals surface area contributed by atoms with Crippen molar-refractivity contribution in [3.05, 3.63) is 49.7 Å². The first kappa shape index (κ1) is 15.6. The molecule has 3 heteroatoms. The Hall–Kier alpha value is -0.800. The Kier molecular flexibility index (Phi) is 4.60. The van der Waals surface area contributed by atoms with Crippen molar-refractivity contribution in [1.82, 2.24) is 0 Å². The highest BCUT2D eigenvalue weighted by molar-refractivity contribution is 9.09. The summed E-state index contributed by atoms with van der Waals surface area (Å²) < 4.78 is 5.47. The Labute approximate surface area is 134 Å². The van der Waals surface area contributed by atoms with Crippen LogP contribution in [0.15, 0.2) is 11.4 Å². The molecule has 0 aliphatic carbocycles. The molecule has 1 nitrogen and oxygen atoms in total. The van der Waals surface area contributed by atoms with Gasteiger partial charge in [-0.3, -0.25) is 0 Å². The Morgan fingerprint density at radius 2 is 1.45 bits per heavy atom. The van der Waals surface area contributed by atoms with Crippen LogP contribution >= 0.6 is 27.3 Å². The molecule has 1 heterocycles. The molecule has 0 aliphatic heterocycles. The minimum Gasteiger partial charge on any atom is -0.496 e. The molecule has 108 valence electrons. The van der Waals surface area contributed by atoms with E-state index in [0.717, 1.165) is 5.75 Å². The highest BCUT2D eigenvalue weighted by atomic mass is 79.9. The number of benzene rings is 1. The largest absolute Gasteiger partial charge is 0.496 e. The summed E-state index contributed by atoms with van der Waals surface area (Å²) in [7, 11) is 1.73. The maximum atomic E-state index is 5.47. The predicted octanol–water partition coefficient (Wildman–Crippen LogP) is 5.78. The highest BCUT2D eigenvalue weighted by Gasteiger charge is 2.23. The zero-order chi connectivity index (χ0) is 15.0. The fourth-order valence-electron chi connectivity index (χ4n) is 2.70. The second kappa shape index (κ2) is 5.90. The topological polar surface area (TPSA) is 9.23 Å². The van der Waals surface area contributed by atoms with Gasteiger partial charge in [0.05, 0.1) is 16.8 Å². The molecule has 0 radical (unpaired) electrons. The van der Waals surface area contributed by atoms with Crippen molar-refractivity contribution in [2.75, 3.05) is 7.11 Å². The first-order valence-corrected chi connectivity index (χ1v) is 8.52. The molecule has 20 heavy (non-hydrogen) atoms. The van der Waals surface area contributed by atoms with Crippen molar-refractivity contribution in [2.24, 2.45) is 0 Å². The van der Waals surface area contributed by atoms with Crippen LogP contribution in [0.2, 0.25) is 0 Å². The van der Waals surface area contributed by atoms with E-state index in [-0.39, 0.29) is 4.83 Å². The van der Waals surface area contributed by atoms with Gasteiger partial charge in [0.2, 0.25) is 0 Å². The number of methoxy groups -OCH3 is 1. The normalized spacial score (nSPS) is 12.6. The minimum atomic E-state index is 0.190. The SMILES string of the molecule is COc1ccsc1C(Br)c1c(C)c(C)c(C)c(C)c1C. The summed E-state index contributed by atoms with van der Waals surface area (Å²) in [5, 5.41) is 2.08. The van der Waals surface area contributed by atoms with E-state index in [1.807, 2.05) is 6.07 Å². The molecule has 1 aromatic heterocycles. The van der Waals surface area contributed by atoms with E-state index in [0.29, 0.717) is 0 Å². The van der Waals surface area contributed by atoms with Crippen LogP contribution in [0.4, 0.5) is 0 Å². The lowest BCUT2D eigenvalue weighted by atomic mass is 9.88. The maximum Gasteiger partial charge on any atom is 0.134 e. The molecular formula is C17H21BrOS. The molecule has 1 atom stereocenters. The summed E-state index contributed by atoms with van der Waals surface area (Å²) in [6, 6.07) is 2.03. The molecule has 1 aromatic carbocycles. The third kappa shape index (κ3) is 2.42. The summed E-state index contributed by atoms with van der Waals surface area (Å²) in [4.78, 5) is 1.43. The van der Waals surface area contributed by atoms with Gasteiger partial charge in [-0.15, -0.1) is 11.3 Å². The predicted molar refractivity (Wildman–Crippen MR) is 91.8 cm³/mol. The van der Waals surface area contributed by atoms with E-state index in [1.54, 1.807) is 18.4 Å². The van der Waals surface area contributed by atoms with E-state index in [1.165, 1.54) is 38.3 Å². The van der Waals surface area contributed by atoms with Gasteiger partial charge in [-0.25, -0.2) is 0 Å². The van der Waals surface area contributed by atoms with Crippen molar-refractivity contribution >= 4 is 27.3 Å². The molecule has 0 saturated heterocycles. The molecular weight excluding hydrogens is 332 g/mol. The van der Waals surface area contributed by atoms with Crippen LogP contribution in [0.25, 0.3) is 0 Å². The smallest absolute Gasteiger partial charge is 0.134 e. The van der Waals surface area contributed by atoms with Gasteiger partial charge < -0.3 is 4.74 Å². The summed E-state index contributed by atoms with van der Waals surface area (Å²) in [5.41, 5.74) is 8.32. The van der Waals surface area contributed by atoms with E-state index in [9.17, 15) is 0 Å². The van der Waals surface area contributed by atoms with Gasteiger partial charge in [0, 0.05) is 0 Å².